The second-order valence-electron chi connectivity index (χ2n) is 5.54. The monoisotopic (exact) mass is 277 g/mol. The maximum absolute atomic E-state index is 5.98. The van der Waals surface area contributed by atoms with Gasteiger partial charge in [0.05, 0.1) is 6.10 Å². The summed E-state index contributed by atoms with van der Waals surface area (Å²) in [6, 6.07) is 9.23. The van der Waals surface area contributed by atoms with Crippen LogP contribution in [0.2, 0.25) is 0 Å². The zero-order valence-electron chi connectivity index (χ0n) is 13.6. The van der Waals surface area contributed by atoms with Gasteiger partial charge in [-0.05, 0) is 45.2 Å². The highest BCUT2D eigenvalue weighted by atomic mass is 16.5. The molecule has 0 aromatic heterocycles. The molecule has 2 unspecified atom stereocenters. The molecule has 1 aromatic rings. The van der Waals surface area contributed by atoms with Gasteiger partial charge in [0.2, 0.25) is 0 Å². The fraction of sp³-hybridized carbons (Fsp3) is 0.667. The molecule has 0 aliphatic rings. The summed E-state index contributed by atoms with van der Waals surface area (Å²) in [5, 5.41) is 3.68. The fourth-order valence-corrected chi connectivity index (χ4v) is 2.66. The van der Waals surface area contributed by atoms with Crippen LogP contribution >= 0.6 is 0 Å². The zero-order chi connectivity index (χ0) is 14.8. The van der Waals surface area contributed by atoms with Crippen molar-refractivity contribution in [3.8, 4) is 0 Å². The van der Waals surface area contributed by atoms with Crippen molar-refractivity contribution in [1.29, 1.82) is 0 Å². The third kappa shape index (κ3) is 6.06. The molecule has 20 heavy (non-hydrogen) atoms. The molecule has 0 radical (unpaired) electrons. The van der Waals surface area contributed by atoms with Gasteiger partial charge in [0.1, 0.15) is 0 Å². The van der Waals surface area contributed by atoms with Crippen LogP contribution in [0.15, 0.2) is 24.3 Å². The lowest BCUT2D eigenvalue weighted by Crippen LogP contribution is -2.43. The Labute approximate surface area is 124 Å². The van der Waals surface area contributed by atoms with E-state index in [1.54, 1.807) is 0 Å². The number of nitrogens with one attached hydrogen (secondary N) is 1. The Bertz CT molecular complexity index is 358. The minimum absolute atomic E-state index is 0.317. The van der Waals surface area contributed by atoms with Crippen LogP contribution in [-0.2, 0) is 11.2 Å². The number of aryl methyl sites for hydroxylation is 1. The number of ether oxygens (including phenoxy) is 1. The van der Waals surface area contributed by atoms with Crippen molar-refractivity contribution in [1.82, 2.24) is 5.32 Å². The van der Waals surface area contributed by atoms with Crippen LogP contribution in [0.25, 0.3) is 0 Å². The molecule has 114 valence electrons. The van der Waals surface area contributed by atoms with Crippen LogP contribution < -0.4 is 5.32 Å². The summed E-state index contributed by atoms with van der Waals surface area (Å²) in [5.41, 5.74) is 2.74. The first kappa shape index (κ1) is 17.2. The molecule has 0 heterocycles. The normalized spacial score (nSPS) is 14.2. The van der Waals surface area contributed by atoms with Gasteiger partial charge in [-0.25, -0.2) is 0 Å². The third-order valence-electron chi connectivity index (χ3n) is 3.60. The topological polar surface area (TPSA) is 21.3 Å². The maximum Gasteiger partial charge on any atom is 0.0731 e. The van der Waals surface area contributed by atoms with E-state index >= 15 is 0 Å². The summed E-state index contributed by atoms with van der Waals surface area (Å²) in [7, 11) is 0. The molecule has 2 atom stereocenters. The minimum Gasteiger partial charge on any atom is -0.377 e. The largest absolute Gasteiger partial charge is 0.377 e. The third-order valence-corrected chi connectivity index (χ3v) is 3.60. The molecule has 0 aliphatic heterocycles. The Morgan fingerprint density at radius 1 is 1.15 bits per heavy atom. The lowest BCUT2D eigenvalue weighted by atomic mass is 9.97. The highest BCUT2D eigenvalue weighted by molar-refractivity contribution is 5.23. The summed E-state index contributed by atoms with van der Waals surface area (Å²) in [6.07, 6.45) is 4.82. The van der Waals surface area contributed by atoms with E-state index < -0.39 is 0 Å². The molecule has 2 heteroatoms. The van der Waals surface area contributed by atoms with Gasteiger partial charge in [-0.3, -0.25) is 0 Å². The van der Waals surface area contributed by atoms with Gasteiger partial charge in [0.15, 0.2) is 0 Å². The Morgan fingerprint density at radius 2 is 1.95 bits per heavy atom. The summed E-state index contributed by atoms with van der Waals surface area (Å²) >= 11 is 0. The first-order valence-corrected chi connectivity index (χ1v) is 8.11. The van der Waals surface area contributed by atoms with Crippen molar-refractivity contribution in [2.45, 2.75) is 65.5 Å². The SMILES string of the molecule is CCCNC(Cc1cccc(C)c1)C(CCC)OCC. The van der Waals surface area contributed by atoms with Gasteiger partial charge >= 0.3 is 0 Å². The standard InChI is InChI=1S/C18H31NO/c1-5-9-18(20-7-3)17(19-12-6-2)14-16-11-8-10-15(4)13-16/h8,10-11,13,17-19H,5-7,9,12,14H2,1-4H3. The molecular formula is C18H31NO. The smallest absolute Gasteiger partial charge is 0.0731 e. The van der Waals surface area contributed by atoms with Crippen LogP contribution in [0.5, 0.6) is 0 Å². The first-order chi connectivity index (χ1) is 9.71. The van der Waals surface area contributed by atoms with Crippen LogP contribution in [0.1, 0.15) is 51.2 Å². The van der Waals surface area contributed by atoms with E-state index in [1.807, 2.05) is 0 Å². The summed E-state index contributed by atoms with van der Waals surface area (Å²) < 4.78 is 5.98. The van der Waals surface area contributed by atoms with Crippen LogP contribution in [0, 0.1) is 6.92 Å². The molecule has 1 rings (SSSR count). The van der Waals surface area contributed by atoms with Gasteiger partial charge in [0, 0.05) is 12.6 Å². The van der Waals surface area contributed by atoms with Gasteiger partial charge in [-0.15, -0.1) is 0 Å². The fourth-order valence-electron chi connectivity index (χ4n) is 2.66. The first-order valence-electron chi connectivity index (χ1n) is 8.11. The van der Waals surface area contributed by atoms with Crippen molar-refractivity contribution in [2.75, 3.05) is 13.2 Å². The van der Waals surface area contributed by atoms with Crippen LogP contribution in [0.4, 0.5) is 0 Å². The number of hydrogen-bond donors (Lipinski definition) is 1. The van der Waals surface area contributed by atoms with Gasteiger partial charge in [-0.2, -0.15) is 0 Å². The number of hydrogen-bond acceptors (Lipinski definition) is 2. The average molecular weight is 277 g/mol. The van der Waals surface area contributed by atoms with E-state index in [-0.39, 0.29) is 0 Å². The molecule has 0 amide bonds. The maximum atomic E-state index is 5.98. The van der Waals surface area contributed by atoms with E-state index in [0.29, 0.717) is 12.1 Å². The quantitative estimate of drug-likeness (QED) is 0.695. The lowest BCUT2D eigenvalue weighted by molar-refractivity contribution is 0.0282. The highest BCUT2D eigenvalue weighted by Crippen LogP contribution is 2.14. The second kappa shape index (κ2) is 9.95. The molecule has 0 aliphatic carbocycles. The van der Waals surface area contributed by atoms with Gasteiger partial charge in [-0.1, -0.05) is 50.1 Å². The Kier molecular flexibility index (Phi) is 8.56. The molecule has 2 nitrogen and oxygen atoms in total. The van der Waals surface area contributed by atoms with Crippen molar-refractivity contribution >= 4 is 0 Å². The second-order valence-corrected chi connectivity index (χ2v) is 5.54. The molecule has 1 aromatic carbocycles. The van der Waals surface area contributed by atoms with E-state index in [0.717, 1.165) is 32.4 Å². The molecule has 0 spiro atoms. The number of rotatable bonds is 10. The van der Waals surface area contributed by atoms with Crippen LogP contribution in [-0.4, -0.2) is 25.3 Å². The van der Waals surface area contributed by atoms with Crippen LogP contribution in [0.3, 0.4) is 0 Å². The van der Waals surface area contributed by atoms with E-state index in [1.165, 1.54) is 17.5 Å². The van der Waals surface area contributed by atoms with E-state index in [9.17, 15) is 0 Å². The number of benzene rings is 1. The average Bonchev–Trinajstić information content (AvgIpc) is 2.43. The molecule has 0 saturated carbocycles. The predicted octanol–water partition coefficient (Wildman–Crippen LogP) is 4.11. The lowest BCUT2D eigenvalue weighted by Gasteiger charge is -2.28. The van der Waals surface area contributed by atoms with Crippen molar-refractivity contribution in [2.24, 2.45) is 0 Å². The highest BCUT2D eigenvalue weighted by Gasteiger charge is 2.20. The summed E-state index contributed by atoms with van der Waals surface area (Å²) in [6.45, 7) is 10.5. The minimum atomic E-state index is 0.317. The Morgan fingerprint density at radius 3 is 2.55 bits per heavy atom. The van der Waals surface area contributed by atoms with Gasteiger partial charge in [0.25, 0.3) is 0 Å². The van der Waals surface area contributed by atoms with Gasteiger partial charge < -0.3 is 10.1 Å². The van der Waals surface area contributed by atoms with Crippen molar-refractivity contribution in [3.63, 3.8) is 0 Å². The van der Waals surface area contributed by atoms with Crippen molar-refractivity contribution in [3.05, 3.63) is 35.4 Å². The van der Waals surface area contributed by atoms with E-state index in [2.05, 4.69) is 57.3 Å². The molecular weight excluding hydrogens is 246 g/mol. The Balaban J connectivity index is 2.75. The molecule has 0 bridgehead atoms. The summed E-state index contributed by atoms with van der Waals surface area (Å²) in [5.74, 6) is 0. The zero-order valence-corrected chi connectivity index (χ0v) is 13.6. The Hall–Kier alpha value is -0.860. The summed E-state index contributed by atoms with van der Waals surface area (Å²) in [4.78, 5) is 0. The molecule has 0 saturated heterocycles. The molecule has 0 fully saturated rings. The predicted molar refractivity (Wildman–Crippen MR) is 87.3 cm³/mol. The van der Waals surface area contributed by atoms with Crippen molar-refractivity contribution < 1.29 is 4.74 Å². The molecule has 1 N–H and O–H groups in total. The van der Waals surface area contributed by atoms with E-state index in [4.69, 9.17) is 4.74 Å².